The van der Waals surface area contributed by atoms with Crippen LogP contribution >= 0.6 is 0 Å². The molecule has 10 nitrogen and oxygen atoms in total. The number of rotatable bonds is 52. The molecule has 2 aliphatic rings. The first-order valence-electron chi connectivity index (χ1n) is 34.1. The summed E-state index contributed by atoms with van der Waals surface area (Å²) in [5.41, 5.74) is 0. The molecular weight excluding hydrogens is 973 g/mol. The van der Waals surface area contributed by atoms with Crippen molar-refractivity contribution in [1.82, 2.24) is 9.80 Å². The van der Waals surface area contributed by atoms with Crippen LogP contribution in [0, 0.1) is 29.6 Å². The van der Waals surface area contributed by atoms with E-state index in [4.69, 9.17) is 19.3 Å². The van der Waals surface area contributed by atoms with Gasteiger partial charge in [0.25, 0.3) is 0 Å². The third kappa shape index (κ3) is 45.4. The van der Waals surface area contributed by atoms with E-state index in [0.717, 1.165) is 103 Å². The normalized spacial score (nSPS) is 15.5. The molecule has 2 atom stereocenters. The molecule has 460 valence electrons. The number of nitrogens with zero attached hydrogens (tertiary/aromatic N) is 2. The molecule has 0 aromatic rings. The van der Waals surface area contributed by atoms with Gasteiger partial charge in [0.15, 0.2) is 0 Å². The van der Waals surface area contributed by atoms with Crippen LogP contribution in [0.2, 0.25) is 0 Å². The molecular formula is C68H130N2O8. The highest BCUT2D eigenvalue weighted by Crippen LogP contribution is 2.26. The second-order valence-corrected chi connectivity index (χ2v) is 24.9. The highest BCUT2D eigenvalue weighted by molar-refractivity contribution is 5.73. The third-order valence-electron chi connectivity index (χ3n) is 17.4. The van der Waals surface area contributed by atoms with Crippen molar-refractivity contribution in [3.63, 3.8) is 0 Å². The standard InChI is InChI=1S/C45H87NO4.C23H43NO4/c1-5-8-11-14-17-20-23-26-31-42(40-50-45(48)43-35-37-46(4)38-36-43)32-27-34-44(47)49-39-28-33-41(29-24-21-18-15-12-9-6-2)30-25-22-19-16-13-10-7-3;1-3-4-5-6-7-8-9-10-12-20(13-11-14-22(25)26)19-28-23(27)21-15-17-24(2)18-16-21/h41-43H,5-40H2,1-4H3;20-21H,3-19H2,1-2H3,(H,25,26). The lowest BCUT2D eigenvalue weighted by Crippen LogP contribution is -2.34. The van der Waals surface area contributed by atoms with E-state index in [9.17, 15) is 19.2 Å². The Kier molecular flexibility index (Phi) is 51.2. The van der Waals surface area contributed by atoms with Crippen LogP contribution in [0.5, 0.6) is 0 Å². The lowest BCUT2D eigenvalue weighted by atomic mass is 9.90. The van der Waals surface area contributed by atoms with Gasteiger partial charge in [0, 0.05) is 12.8 Å². The summed E-state index contributed by atoms with van der Waals surface area (Å²) in [6.07, 6.45) is 54.5. The largest absolute Gasteiger partial charge is 0.481 e. The molecule has 2 heterocycles. The lowest BCUT2D eigenvalue weighted by molar-refractivity contribution is -0.152. The maximum atomic E-state index is 12.8. The smallest absolute Gasteiger partial charge is 0.309 e. The Morgan fingerprint density at radius 3 is 0.987 bits per heavy atom. The molecule has 0 radical (unpaired) electrons. The maximum Gasteiger partial charge on any atom is 0.309 e. The average molecular weight is 1100 g/mol. The Labute approximate surface area is 482 Å². The Balaban J connectivity index is 0.000000915. The minimum atomic E-state index is -0.742. The number of esters is 3. The van der Waals surface area contributed by atoms with Crippen molar-refractivity contribution in [1.29, 1.82) is 0 Å². The van der Waals surface area contributed by atoms with Crippen LogP contribution in [0.15, 0.2) is 0 Å². The van der Waals surface area contributed by atoms with Crippen molar-refractivity contribution in [2.75, 3.05) is 60.1 Å². The topological polar surface area (TPSA) is 123 Å². The van der Waals surface area contributed by atoms with Gasteiger partial charge in [0.05, 0.1) is 31.7 Å². The van der Waals surface area contributed by atoms with Gasteiger partial charge in [-0.15, -0.1) is 0 Å². The Hall–Kier alpha value is -2.20. The molecule has 2 unspecified atom stereocenters. The molecule has 2 aliphatic heterocycles. The van der Waals surface area contributed by atoms with Crippen LogP contribution in [0.1, 0.15) is 323 Å². The molecule has 0 aliphatic carbocycles. The van der Waals surface area contributed by atoms with Gasteiger partial charge < -0.3 is 29.1 Å². The molecule has 2 rings (SSSR count). The quantitative estimate of drug-likeness (QED) is 0.0358. The van der Waals surface area contributed by atoms with E-state index in [-0.39, 0.29) is 36.2 Å². The summed E-state index contributed by atoms with van der Waals surface area (Å²) in [5.74, 6) is 0.683. The number of carbonyl (C=O) groups is 4. The fourth-order valence-electron chi connectivity index (χ4n) is 11.8. The summed E-state index contributed by atoms with van der Waals surface area (Å²) in [4.78, 5) is 53.2. The fraction of sp³-hybridized carbons (Fsp3) is 0.941. The van der Waals surface area contributed by atoms with Gasteiger partial charge in [0.2, 0.25) is 0 Å². The second-order valence-electron chi connectivity index (χ2n) is 24.9. The van der Waals surface area contributed by atoms with Gasteiger partial charge in [-0.25, -0.2) is 0 Å². The molecule has 0 aromatic heterocycles. The van der Waals surface area contributed by atoms with E-state index in [2.05, 4.69) is 51.6 Å². The maximum absolute atomic E-state index is 12.8. The zero-order valence-corrected chi connectivity index (χ0v) is 52.6. The van der Waals surface area contributed by atoms with E-state index in [1.807, 2.05) is 0 Å². The first-order valence-corrected chi connectivity index (χ1v) is 34.1. The SMILES string of the molecule is CCCCCCCCCCC(CCCC(=O)O)COC(=O)C1CCN(C)CC1.CCCCCCCCCCC(CCCC(=O)OCCCC(CCCCCCCCC)CCCCCCCCC)COC(=O)C1CCN(C)CC1. The molecule has 0 saturated carbocycles. The van der Waals surface area contributed by atoms with Gasteiger partial charge in [-0.2, -0.15) is 0 Å². The molecule has 2 saturated heterocycles. The summed E-state index contributed by atoms with van der Waals surface area (Å²) < 4.78 is 17.3. The van der Waals surface area contributed by atoms with Crippen molar-refractivity contribution >= 4 is 23.9 Å². The molecule has 0 spiro atoms. The zero-order valence-electron chi connectivity index (χ0n) is 52.6. The van der Waals surface area contributed by atoms with E-state index in [1.54, 1.807) is 0 Å². The zero-order chi connectivity index (χ0) is 56.9. The van der Waals surface area contributed by atoms with E-state index >= 15 is 0 Å². The van der Waals surface area contributed by atoms with Crippen LogP contribution in [0.25, 0.3) is 0 Å². The number of piperidine rings is 2. The number of ether oxygens (including phenoxy) is 3. The molecule has 0 bridgehead atoms. The fourth-order valence-corrected chi connectivity index (χ4v) is 11.8. The molecule has 78 heavy (non-hydrogen) atoms. The number of unbranched alkanes of at least 4 members (excludes halogenated alkanes) is 26. The van der Waals surface area contributed by atoms with Crippen LogP contribution in [0.3, 0.4) is 0 Å². The van der Waals surface area contributed by atoms with Crippen LogP contribution in [0.4, 0.5) is 0 Å². The summed E-state index contributed by atoms with van der Waals surface area (Å²) in [6, 6.07) is 0. The summed E-state index contributed by atoms with van der Waals surface area (Å²) in [5, 5.41) is 8.88. The van der Waals surface area contributed by atoms with E-state index < -0.39 is 5.97 Å². The van der Waals surface area contributed by atoms with Crippen molar-refractivity contribution in [3.8, 4) is 0 Å². The third-order valence-corrected chi connectivity index (χ3v) is 17.4. The number of likely N-dealkylation sites (tertiary alicyclic amines) is 2. The van der Waals surface area contributed by atoms with Gasteiger partial charge in [0.1, 0.15) is 0 Å². The number of carboxylic acid groups (broad SMARTS) is 1. The Bertz CT molecular complexity index is 1350. The van der Waals surface area contributed by atoms with Gasteiger partial charge in [-0.1, -0.05) is 233 Å². The summed E-state index contributed by atoms with van der Waals surface area (Å²) in [7, 11) is 4.21. The second kappa shape index (κ2) is 54.1. The first-order chi connectivity index (χ1) is 38.0. The first kappa shape index (κ1) is 73.8. The minimum absolute atomic E-state index is 0.00399. The monoisotopic (exact) mass is 1100 g/mol. The number of carbonyl (C=O) groups excluding carboxylic acids is 3. The predicted molar refractivity (Wildman–Crippen MR) is 328 cm³/mol. The molecule has 10 heteroatoms. The van der Waals surface area contributed by atoms with Crippen molar-refractivity contribution < 1.29 is 38.5 Å². The predicted octanol–water partition coefficient (Wildman–Crippen LogP) is 18.7. The summed E-state index contributed by atoms with van der Waals surface area (Å²) >= 11 is 0. The molecule has 0 amide bonds. The van der Waals surface area contributed by atoms with Gasteiger partial charge in [-0.3, -0.25) is 19.2 Å². The molecule has 0 aromatic carbocycles. The van der Waals surface area contributed by atoms with Crippen molar-refractivity contribution in [2.45, 2.75) is 323 Å². The number of carboxylic acids is 1. The van der Waals surface area contributed by atoms with Gasteiger partial charge >= 0.3 is 23.9 Å². The Morgan fingerprint density at radius 2 is 0.654 bits per heavy atom. The van der Waals surface area contributed by atoms with Crippen molar-refractivity contribution in [3.05, 3.63) is 0 Å². The van der Waals surface area contributed by atoms with Crippen LogP contribution in [-0.4, -0.2) is 98.9 Å². The van der Waals surface area contributed by atoms with Gasteiger partial charge in [-0.05, 0) is 135 Å². The average Bonchev–Trinajstić information content (AvgIpc) is 3.43. The highest BCUT2D eigenvalue weighted by atomic mass is 16.5. The van der Waals surface area contributed by atoms with Crippen molar-refractivity contribution in [2.24, 2.45) is 29.6 Å². The Morgan fingerprint density at radius 1 is 0.372 bits per heavy atom. The molecule has 1 N–H and O–H groups in total. The van der Waals surface area contributed by atoms with Crippen LogP contribution in [-0.2, 0) is 33.4 Å². The van der Waals surface area contributed by atoms with Crippen LogP contribution < -0.4 is 0 Å². The highest BCUT2D eigenvalue weighted by Gasteiger charge is 2.27. The minimum Gasteiger partial charge on any atom is -0.481 e. The van der Waals surface area contributed by atoms with E-state index in [0.29, 0.717) is 44.5 Å². The number of hydrogen-bond acceptors (Lipinski definition) is 9. The summed E-state index contributed by atoms with van der Waals surface area (Å²) in [6.45, 7) is 14.5. The number of hydrogen-bond donors (Lipinski definition) is 1. The lowest BCUT2D eigenvalue weighted by Gasteiger charge is -2.28. The van der Waals surface area contributed by atoms with E-state index in [1.165, 1.54) is 205 Å². The number of aliphatic carboxylic acids is 1. The molecule has 2 fully saturated rings.